The topological polar surface area (TPSA) is 91.6 Å². The van der Waals surface area contributed by atoms with E-state index in [1.165, 1.54) is 22.7 Å². The second-order valence-corrected chi connectivity index (χ2v) is 4.06. The lowest BCUT2D eigenvalue weighted by Gasteiger charge is -2.17. The molecule has 0 aliphatic rings. The van der Waals surface area contributed by atoms with Crippen LogP contribution >= 0.6 is 0 Å². The third kappa shape index (κ3) is 4.13. The number of carboxylic acid groups (broad SMARTS) is 1. The van der Waals surface area contributed by atoms with Crippen molar-refractivity contribution < 1.29 is 19.5 Å². The number of amides is 2. The summed E-state index contributed by atoms with van der Waals surface area (Å²) in [4.78, 5) is 35.3. The van der Waals surface area contributed by atoms with Crippen LogP contribution in [-0.4, -0.2) is 53.0 Å². The fraction of sp³-hybridized carbons (Fsp3) is 0.417. The smallest absolute Gasteiger partial charge is 0.323 e. The molecular formula is C12H17N3O4. The van der Waals surface area contributed by atoms with Gasteiger partial charge in [-0.05, 0) is 12.1 Å². The van der Waals surface area contributed by atoms with Crippen molar-refractivity contribution in [3.63, 3.8) is 0 Å². The Morgan fingerprint density at radius 3 is 2.68 bits per heavy atom. The molecule has 1 rings (SSSR count). The Balaban J connectivity index is 2.69. The van der Waals surface area contributed by atoms with E-state index in [-0.39, 0.29) is 31.3 Å². The summed E-state index contributed by atoms with van der Waals surface area (Å²) in [7, 11) is 3.10. The molecule has 0 fully saturated rings. The summed E-state index contributed by atoms with van der Waals surface area (Å²) in [6.45, 7) is 0.00805. The molecule has 2 N–H and O–H groups in total. The molecule has 0 saturated heterocycles. The highest BCUT2D eigenvalue weighted by Gasteiger charge is 2.17. The summed E-state index contributed by atoms with van der Waals surface area (Å²) in [5.41, 5.74) is 0.293. The molecule has 0 unspecified atom stereocenters. The highest BCUT2D eigenvalue weighted by molar-refractivity contribution is 5.93. The van der Waals surface area contributed by atoms with Gasteiger partial charge in [-0.25, -0.2) is 0 Å². The van der Waals surface area contributed by atoms with Gasteiger partial charge in [0.25, 0.3) is 5.91 Å². The van der Waals surface area contributed by atoms with E-state index in [4.69, 9.17) is 5.11 Å². The van der Waals surface area contributed by atoms with E-state index < -0.39 is 5.97 Å². The SMILES string of the molecule is CNC(=O)CCN(C)C(=O)c1cccn1CC(=O)O. The highest BCUT2D eigenvalue weighted by atomic mass is 16.4. The van der Waals surface area contributed by atoms with E-state index in [1.807, 2.05) is 0 Å². The van der Waals surface area contributed by atoms with E-state index >= 15 is 0 Å². The molecule has 0 bridgehead atoms. The summed E-state index contributed by atoms with van der Waals surface area (Å²) in [5.74, 6) is -1.48. The third-order valence-electron chi connectivity index (χ3n) is 2.65. The van der Waals surface area contributed by atoms with Crippen molar-refractivity contribution in [2.24, 2.45) is 0 Å². The first-order valence-electron chi connectivity index (χ1n) is 5.78. The number of rotatable bonds is 6. The number of nitrogens with one attached hydrogen (secondary N) is 1. The summed E-state index contributed by atoms with van der Waals surface area (Å²) < 4.78 is 1.36. The molecule has 1 aromatic heterocycles. The molecule has 0 saturated carbocycles. The number of carbonyl (C=O) groups is 3. The minimum Gasteiger partial charge on any atom is -0.480 e. The maximum atomic E-state index is 12.1. The fourth-order valence-electron chi connectivity index (χ4n) is 1.58. The lowest BCUT2D eigenvalue weighted by atomic mass is 10.3. The highest BCUT2D eigenvalue weighted by Crippen LogP contribution is 2.06. The molecule has 1 heterocycles. The molecule has 0 spiro atoms. The zero-order chi connectivity index (χ0) is 14.4. The Labute approximate surface area is 110 Å². The van der Waals surface area contributed by atoms with Crippen LogP contribution in [0, 0.1) is 0 Å². The van der Waals surface area contributed by atoms with E-state index in [9.17, 15) is 14.4 Å². The van der Waals surface area contributed by atoms with Crippen LogP contribution in [0.2, 0.25) is 0 Å². The predicted molar refractivity (Wildman–Crippen MR) is 67.7 cm³/mol. The van der Waals surface area contributed by atoms with Gasteiger partial charge in [0, 0.05) is 33.3 Å². The van der Waals surface area contributed by atoms with Crippen molar-refractivity contribution >= 4 is 17.8 Å². The number of nitrogens with zero attached hydrogens (tertiary/aromatic N) is 2. The molecule has 1 aromatic rings. The second-order valence-electron chi connectivity index (χ2n) is 4.06. The van der Waals surface area contributed by atoms with Gasteiger partial charge in [0.15, 0.2) is 0 Å². The first-order valence-corrected chi connectivity index (χ1v) is 5.78. The average Bonchev–Trinajstić information content (AvgIpc) is 2.81. The molecule has 0 aliphatic heterocycles. The summed E-state index contributed by atoms with van der Waals surface area (Å²) in [5, 5.41) is 11.2. The van der Waals surface area contributed by atoms with Crippen molar-refractivity contribution in [2.45, 2.75) is 13.0 Å². The Hall–Kier alpha value is -2.31. The predicted octanol–water partition coefficient (Wildman–Crippen LogP) is -0.219. The van der Waals surface area contributed by atoms with Crippen LogP contribution in [0.25, 0.3) is 0 Å². The lowest BCUT2D eigenvalue weighted by molar-refractivity contribution is -0.137. The van der Waals surface area contributed by atoms with Crippen molar-refractivity contribution in [2.75, 3.05) is 20.6 Å². The van der Waals surface area contributed by atoms with Crippen molar-refractivity contribution in [1.29, 1.82) is 0 Å². The summed E-state index contributed by atoms with van der Waals surface area (Å²) >= 11 is 0. The van der Waals surface area contributed by atoms with Gasteiger partial charge < -0.3 is 19.9 Å². The van der Waals surface area contributed by atoms with Crippen LogP contribution < -0.4 is 5.32 Å². The van der Waals surface area contributed by atoms with Crippen molar-refractivity contribution in [3.8, 4) is 0 Å². The Kier molecular flexibility index (Phi) is 5.11. The van der Waals surface area contributed by atoms with Gasteiger partial charge in [0.05, 0.1) is 0 Å². The van der Waals surface area contributed by atoms with Gasteiger partial charge in [-0.15, -0.1) is 0 Å². The Morgan fingerprint density at radius 2 is 2.11 bits per heavy atom. The van der Waals surface area contributed by atoms with Gasteiger partial charge in [0.1, 0.15) is 12.2 Å². The number of aliphatic carboxylic acids is 1. The third-order valence-corrected chi connectivity index (χ3v) is 2.65. The van der Waals surface area contributed by atoms with Crippen LogP contribution in [0.15, 0.2) is 18.3 Å². The van der Waals surface area contributed by atoms with Gasteiger partial charge >= 0.3 is 5.97 Å². The van der Waals surface area contributed by atoms with Gasteiger partial charge in [0.2, 0.25) is 5.91 Å². The van der Waals surface area contributed by atoms with Crippen LogP contribution in [-0.2, 0) is 16.1 Å². The van der Waals surface area contributed by atoms with E-state index in [1.54, 1.807) is 19.2 Å². The van der Waals surface area contributed by atoms with E-state index in [0.29, 0.717) is 5.69 Å². The average molecular weight is 267 g/mol. The van der Waals surface area contributed by atoms with Gasteiger partial charge in [-0.2, -0.15) is 0 Å². The minimum absolute atomic E-state index is 0.152. The first kappa shape index (κ1) is 14.7. The number of carboxylic acids is 1. The normalized spacial score (nSPS) is 10.0. The Bertz CT molecular complexity index is 481. The standard InChI is InChI=1S/C12H17N3O4/c1-13-10(16)5-7-14(2)12(19)9-4-3-6-15(9)8-11(17)18/h3-4,6H,5,7-8H2,1-2H3,(H,13,16)(H,17,18). The van der Waals surface area contributed by atoms with Crippen LogP contribution in [0.5, 0.6) is 0 Å². The zero-order valence-electron chi connectivity index (χ0n) is 10.9. The number of hydrogen-bond donors (Lipinski definition) is 2. The second kappa shape index (κ2) is 6.58. The molecule has 104 valence electrons. The molecule has 7 heteroatoms. The maximum absolute atomic E-state index is 12.1. The van der Waals surface area contributed by atoms with E-state index in [0.717, 1.165) is 0 Å². The number of hydrogen-bond acceptors (Lipinski definition) is 3. The fourth-order valence-corrected chi connectivity index (χ4v) is 1.58. The lowest BCUT2D eigenvalue weighted by Crippen LogP contribution is -2.32. The Morgan fingerprint density at radius 1 is 1.42 bits per heavy atom. The first-order chi connectivity index (χ1) is 8.95. The minimum atomic E-state index is -1.02. The molecule has 19 heavy (non-hydrogen) atoms. The molecule has 7 nitrogen and oxygen atoms in total. The molecule has 2 amide bonds. The molecule has 0 atom stereocenters. The van der Waals surface area contributed by atoms with E-state index in [2.05, 4.69) is 5.32 Å². The van der Waals surface area contributed by atoms with Crippen molar-refractivity contribution in [1.82, 2.24) is 14.8 Å². The molecule has 0 radical (unpaired) electrons. The molecule has 0 aliphatic carbocycles. The van der Waals surface area contributed by atoms with Gasteiger partial charge in [-0.1, -0.05) is 0 Å². The molecule has 0 aromatic carbocycles. The zero-order valence-corrected chi connectivity index (χ0v) is 10.9. The summed E-state index contributed by atoms with van der Waals surface area (Å²) in [6.07, 6.45) is 1.74. The number of aromatic nitrogens is 1. The molecular weight excluding hydrogens is 250 g/mol. The number of carbonyl (C=O) groups excluding carboxylic acids is 2. The summed E-state index contributed by atoms with van der Waals surface area (Å²) in [6, 6.07) is 3.17. The quantitative estimate of drug-likeness (QED) is 0.745. The largest absolute Gasteiger partial charge is 0.480 e. The van der Waals surface area contributed by atoms with Crippen molar-refractivity contribution in [3.05, 3.63) is 24.0 Å². The maximum Gasteiger partial charge on any atom is 0.323 e. The van der Waals surface area contributed by atoms with Crippen LogP contribution in [0.3, 0.4) is 0 Å². The van der Waals surface area contributed by atoms with Crippen LogP contribution in [0.1, 0.15) is 16.9 Å². The van der Waals surface area contributed by atoms with Crippen LogP contribution in [0.4, 0.5) is 0 Å². The monoisotopic (exact) mass is 267 g/mol. The van der Waals surface area contributed by atoms with Gasteiger partial charge in [-0.3, -0.25) is 14.4 Å².